The van der Waals surface area contributed by atoms with Crippen LogP contribution in [0.3, 0.4) is 0 Å². The van der Waals surface area contributed by atoms with Gasteiger partial charge in [-0.2, -0.15) is 13.2 Å². The summed E-state index contributed by atoms with van der Waals surface area (Å²) in [5.74, 6) is -1.80. The highest BCUT2D eigenvalue weighted by Gasteiger charge is 2.28. The molecule has 1 N–H and O–H groups in total. The molecule has 0 radical (unpaired) electrons. The minimum atomic E-state index is -4.37. The van der Waals surface area contributed by atoms with Crippen LogP contribution >= 0.6 is 0 Å². The molecule has 0 saturated carbocycles. The number of alkyl halides is 3. The molecule has 0 aliphatic rings. The number of carboxylic acid groups (broad SMARTS) is 1. The second-order valence-corrected chi connectivity index (χ2v) is 5.54. The first kappa shape index (κ1) is 17.8. The summed E-state index contributed by atoms with van der Waals surface area (Å²) in [7, 11) is 0. The summed E-state index contributed by atoms with van der Waals surface area (Å²) in [6, 6.07) is 13.2. The molecule has 6 heteroatoms. The normalized spacial score (nSPS) is 12.7. The summed E-state index contributed by atoms with van der Waals surface area (Å²) in [6.45, 7) is 1.62. The van der Waals surface area contributed by atoms with E-state index in [1.54, 1.807) is 0 Å². The van der Waals surface area contributed by atoms with Gasteiger partial charge in [-0.15, -0.1) is 0 Å². The Morgan fingerprint density at radius 2 is 1.79 bits per heavy atom. The highest BCUT2D eigenvalue weighted by Crippen LogP contribution is 2.28. The fourth-order valence-corrected chi connectivity index (χ4v) is 2.24. The first-order chi connectivity index (χ1) is 11.2. The second kappa shape index (κ2) is 7.38. The number of carbonyl (C=O) groups is 1. The van der Waals surface area contributed by atoms with E-state index in [2.05, 4.69) is 0 Å². The van der Waals surface area contributed by atoms with Gasteiger partial charge >= 0.3 is 12.1 Å². The molecule has 0 aromatic heterocycles. The summed E-state index contributed by atoms with van der Waals surface area (Å²) in [6.07, 6.45) is -5.50. The summed E-state index contributed by atoms with van der Waals surface area (Å²) in [4.78, 5) is 11.1. The molecule has 0 saturated heterocycles. The third-order valence-corrected chi connectivity index (χ3v) is 3.51. The van der Waals surface area contributed by atoms with Crippen molar-refractivity contribution >= 4 is 5.97 Å². The van der Waals surface area contributed by atoms with E-state index in [-0.39, 0.29) is 23.5 Å². The maximum Gasteiger partial charge on any atom is 0.393 e. The van der Waals surface area contributed by atoms with E-state index in [4.69, 9.17) is 9.84 Å². The van der Waals surface area contributed by atoms with Crippen molar-refractivity contribution < 1.29 is 27.8 Å². The number of benzene rings is 2. The highest BCUT2D eigenvalue weighted by molar-refractivity contribution is 5.75. The summed E-state index contributed by atoms with van der Waals surface area (Å²) >= 11 is 0. The van der Waals surface area contributed by atoms with Crippen LogP contribution in [0.15, 0.2) is 48.5 Å². The third-order valence-electron chi connectivity index (χ3n) is 3.51. The Morgan fingerprint density at radius 3 is 2.38 bits per heavy atom. The molecule has 3 nitrogen and oxygen atoms in total. The minimum absolute atomic E-state index is 0.0174. The van der Waals surface area contributed by atoms with Crippen molar-refractivity contribution in [3.63, 3.8) is 0 Å². The lowest BCUT2D eigenvalue weighted by Gasteiger charge is -2.14. The molecule has 0 bridgehead atoms. The van der Waals surface area contributed by atoms with Gasteiger partial charge in [-0.05, 0) is 35.7 Å². The Kier molecular flexibility index (Phi) is 5.49. The van der Waals surface area contributed by atoms with E-state index in [1.165, 1.54) is 25.1 Å². The van der Waals surface area contributed by atoms with E-state index in [9.17, 15) is 18.0 Å². The molecular formula is C18H17F3O3. The summed E-state index contributed by atoms with van der Waals surface area (Å²) < 4.78 is 43.5. The lowest BCUT2D eigenvalue weighted by Crippen LogP contribution is -2.13. The van der Waals surface area contributed by atoms with Crippen LogP contribution in [0.1, 0.15) is 29.5 Å². The van der Waals surface area contributed by atoms with Gasteiger partial charge in [0, 0.05) is 0 Å². The Labute approximate surface area is 137 Å². The topological polar surface area (TPSA) is 46.5 Å². The van der Waals surface area contributed by atoms with E-state index < -0.39 is 24.5 Å². The number of rotatable bonds is 6. The SMILES string of the molecule is CC(C(=O)O)c1cc(CC(F)(F)F)cc(OCc2ccccc2)c1. The van der Waals surface area contributed by atoms with E-state index in [0.29, 0.717) is 0 Å². The molecule has 2 aromatic rings. The van der Waals surface area contributed by atoms with Gasteiger partial charge in [0.1, 0.15) is 12.4 Å². The van der Waals surface area contributed by atoms with Crippen molar-refractivity contribution in [2.75, 3.05) is 0 Å². The Balaban J connectivity index is 2.26. The fraction of sp³-hybridized carbons (Fsp3) is 0.278. The number of carboxylic acids is 1. The lowest BCUT2D eigenvalue weighted by atomic mass is 9.97. The molecule has 0 aliphatic carbocycles. The molecule has 2 aromatic carbocycles. The molecule has 0 fully saturated rings. The van der Waals surface area contributed by atoms with Crippen LogP contribution in [0.5, 0.6) is 5.75 Å². The number of hydrogen-bond acceptors (Lipinski definition) is 2. The highest BCUT2D eigenvalue weighted by atomic mass is 19.4. The quantitative estimate of drug-likeness (QED) is 0.840. The van der Waals surface area contributed by atoms with Gasteiger partial charge in [-0.25, -0.2) is 0 Å². The number of aliphatic carboxylic acids is 1. The van der Waals surface area contributed by atoms with E-state index >= 15 is 0 Å². The predicted octanol–water partition coefficient (Wildman–Crippen LogP) is 4.56. The molecule has 128 valence electrons. The van der Waals surface area contributed by atoms with Crippen LogP contribution in [-0.2, 0) is 17.8 Å². The van der Waals surface area contributed by atoms with Crippen LogP contribution in [0, 0.1) is 0 Å². The molecular weight excluding hydrogens is 321 g/mol. The van der Waals surface area contributed by atoms with Gasteiger partial charge in [0.25, 0.3) is 0 Å². The Bertz CT molecular complexity index is 696. The molecule has 2 rings (SSSR count). The molecule has 0 amide bonds. The van der Waals surface area contributed by atoms with Crippen molar-refractivity contribution in [3.05, 3.63) is 65.2 Å². The van der Waals surface area contributed by atoms with E-state index in [0.717, 1.165) is 5.56 Å². The molecule has 1 atom stereocenters. The van der Waals surface area contributed by atoms with Gasteiger partial charge in [0.05, 0.1) is 12.3 Å². The Hall–Kier alpha value is -2.50. The van der Waals surface area contributed by atoms with Crippen LogP contribution in [0.4, 0.5) is 13.2 Å². The largest absolute Gasteiger partial charge is 0.489 e. The smallest absolute Gasteiger partial charge is 0.393 e. The van der Waals surface area contributed by atoms with Crippen molar-refractivity contribution in [3.8, 4) is 5.75 Å². The Morgan fingerprint density at radius 1 is 1.12 bits per heavy atom. The molecule has 0 heterocycles. The van der Waals surface area contributed by atoms with Crippen LogP contribution in [0.25, 0.3) is 0 Å². The molecule has 1 unspecified atom stereocenters. The first-order valence-electron chi connectivity index (χ1n) is 7.35. The van der Waals surface area contributed by atoms with Crippen molar-refractivity contribution in [1.82, 2.24) is 0 Å². The summed E-state index contributed by atoms with van der Waals surface area (Å²) in [5, 5.41) is 9.09. The van der Waals surface area contributed by atoms with Crippen molar-refractivity contribution in [2.45, 2.75) is 32.0 Å². The van der Waals surface area contributed by atoms with Gasteiger partial charge in [0.15, 0.2) is 0 Å². The number of ether oxygens (including phenoxy) is 1. The standard InChI is InChI=1S/C18H17F3O3/c1-12(17(22)23)15-7-14(10-18(19,20)21)8-16(9-15)24-11-13-5-3-2-4-6-13/h2-9,12H,10-11H2,1H3,(H,22,23). The third kappa shape index (κ3) is 5.30. The summed E-state index contributed by atoms with van der Waals surface area (Å²) in [5.41, 5.74) is 1.13. The first-order valence-corrected chi connectivity index (χ1v) is 7.35. The number of halogens is 3. The van der Waals surface area contributed by atoms with Crippen molar-refractivity contribution in [1.29, 1.82) is 0 Å². The number of hydrogen-bond donors (Lipinski definition) is 1. The molecule has 0 aliphatic heterocycles. The van der Waals surface area contributed by atoms with E-state index in [1.807, 2.05) is 30.3 Å². The van der Waals surface area contributed by atoms with Crippen molar-refractivity contribution in [2.24, 2.45) is 0 Å². The zero-order valence-corrected chi connectivity index (χ0v) is 13.0. The van der Waals surface area contributed by atoms with Gasteiger partial charge in [-0.1, -0.05) is 36.4 Å². The zero-order chi connectivity index (χ0) is 17.7. The monoisotopic (exact) mass is 338 g/mol. The average Bonchev–Trinajstić information content (AvgIpc) is 2.51. The lowest BCUT2D eigenvalue weighted by molar-refractivity contribution is -0.138. The molecule has 24 heavy (non-hydrogen) atoms. The fourth-order valence-electron chi connectivity index (χ4n) is 2.24. The predicted molar refractivity (Wildman–Crippen MR) is 83.0 cm³/mol. The second-order valence-electron chi connectivity index (χ2n) is 5.54. The van der Waals surface area contributed by atoms with Gasteiger partial charge in [-0.3, -0.25) is 4.79 Å². The van der Waals surface area contributed by atoms with Crippen LogP contribution in [0.2, 0.25) is 0 Å². The zero-order valence-electron chi connectivity index (χ0n) is 13.0. The maximum absolute atomic E-state index is 12.7. The molecule has 0 spiro atoms. The van der Waals surface area contributed by atoms with Crippen LogP contribution in [-0.4, -0.2) is 17.3 Å². The maximum atomic E-state index is 12.7. The minimum Gasteiger partial charge on any atom is -0.489 e. The van der Waals surface area contributed by atoms with Gasteiger partial charge in [0.2, 0.25) is 0 Å². The average molecular weight is 338 g/mol. The van der Waals surface area contributed by atoms with Crippen LogP contribution < -0.4 is 4.74 Å². The van der Waals surface area contributed by atoms with Gasteiger partial charge < -0.3 is 9.84 Å².